The lowest BCUT2D eigenvalue weighted by molar-refractivity contribution is 0.373. The van der Waals surface area contributed by atoms with Gasteiger partial charge in [-0.05, 0) is 35.9 Å². The van der Waals surface area contributed by atoms with Gasteiger partial charge in [-0.25, -0.2) is 9.67 Å². The minimum Gasteiger partial charge on any atom is -0.504 e. The third kappa shape index (κ3) is 3.89. The molecule has 0 spiro atoms. The Hall–Kier alpha value is -5.87. The van der Waals surface area contributed by atoms with Crippen molar-refractivity contribution in [1.82, 2.24) is 19.7 Å². The molecule has 0 fully saturated rings. The number of pyridine rings is 1. The van der Waals surface area contributed by atoms with Gasteiger partial charge in [-0.2, -0.15) is 10.4 Å². The maximum Gasteiger partial charge on any atom is 0.164 e. The van der Waals surface area contributed by atoms with Crippen LogP contribution in [0.2, 0.25) is 0 Å². The number of nitrogens with zero attached hydrogens (tertiary/aromatic N) is 4. The third-order valence-electron chi connectivity index (χ3n) is 7.29. The Bertz CT molecular complexity index is 2110. The Kier molecular flexibility index (Phi) is 5.73. The van der Waals surface area contributed by atoms with Crippen LogP contribution in [0.3, 0.4) is 0 Å². The summed E-state index contributed by atoms with van der Waals surface area (Å²) < 4.78 is 7.14. The van der Waals surface area contributed by atoms with Crippen molar-refractivity contribution in [2.75, 3.05) is 7.11 Å². The van der Waals surface area contributed by atoms with Crippen LogP contribution in [0.25, 0.3) is 61.3 Å². The van der Waals surface area contributed by atoms with Gasteiger partial charge in [-0.1, -0.05) is 72.8 Å². The molecule has 2 N–H and O–H groups in total. The second-order valence-electron chi connectivity index (χ2n) is 9.62. The summed E-state index contributed by atoms with van der Waals surface area (Å²) in [4.78, 5) is 8.48. The van der Waals surface area contributed by atoms with E-state index in [1.54, 1.807) is 12.1 Å². The maximum atomic E-state index is 10.8. The molecule has 7 aromatic rings. The summed E-state index contributed by atoms with van der Waals surface area (Å²) >= 11 is 0. The number of hydrogen-bond donors (Lipinski definition) is 2. The standard InChI is InChI=1S/C34H23N5O2/c1-41-29-17-16-22(18-28(29)40)30-25(19-35)32(21-10-4-2-5-11-21)37-34-31(30)33(38-39(34)23-12-6-3-7-13-23)26-20-36-27-15-9-8-14-24(26)27/h2-18,20,36,40H,1H3. The number of hydrogen-bond acceptors (Lipinski definition) is 5. The fourth-order valence-electron chi connectivity index (χ4n) is 5.40. The van der Waals surface area contributed by atoms with Crippen molar-refractivity contribution in [2.24, 2.45) is 0 Å². The van der Waals surface area contributed by atoms with E-state index in [1.807, 2.05) is 102 Å². The summed E-state index contributed by atoms with van der Waals surface area (Å²) in [5.74, 6) is 0.321. The number of ether oxygens (including phenoxy) is 1. The number of H-pyrrole nitrogens is 1. The number of phenols is 1. The van der Waals surface area contributed by atoms with E-state index in [0.717, 1.165) is 27.7 Å². The van der Waals surface area contributed by atoms with Crippen molar-refractivity contribution in [3.63, 3.8) is 0 Å². The van der Waals surface area contributed by atoms with E-state index in [-0.39, 0.29) is 5.75 Å². The summed E-state index contributed by atoms with van der Waals surface area (Å²) in [7, 11) is 1.51. The first-order chi connectivity index (χ1) is 20.2. The number of phenolic OH excluding ortho intramolecular Hbond substituents is 1. The van der Waals surface area contributed by atoms with Crippen LogP contribution in [0.15, 0.2) is 109 Å². The molecule has 0 aliphatic rings. The van der Waals surface area contributed by atoms with Crippen molar-refractivity contribution in [3.8, 4) is 56.9 Å². The van der Waals surface area contributed by atoms with Gasteiger partial charge in [0.15, 0.2) is 17.1 Å². The fraction of sp³-hybridized carbons (Fsp3) is 0.0294. The van der Waals surface area contributed by atoms with Gasteiger partial charge in [0.1, 0.15) is 11.8 Å². The highest BCUT2D eigenvalue weighted by Crippen LogP contribution is 2.44. The first-order valence-corrected chi connectivity index (χ1v) is 13.1. The highest BCUT2D eigenvalue weighted by atomic mass is 16.5. The molecule has 0 bridgehead atoms. The highest BCUT2D eigenvalue weighted by molar-refractivity contribution is 6.11. The summed E-state index contributed by atoms with van der Waals surface area (Å²) in [5, 5.41) is 28.3. The van der Waals surface area contributed by atoms with Crippen LogP contribution in [-0.4, -0.2) is 32.0 Å². The SMILES string of the molecule is COc1ccc(-c2c(C#N)c(-c3ccccc3)nc3c2c(-c2c[nH]c4ccccc24)nn3-c2ccccc2)cc1O. The van der Waals surface area contributed by atoms with Crippen LogP contribution in [0.5, 0.6) is 11.5 Å². The van der Waals surface area contributed by atoms with Crippen molar-refractivity contribution >= 4 is 21.9 Å². The molecule has 0 radical (unpaired) electrons. The number of rotatable bonds is 5. The lowest BCUT2D eigenvalue weighted by atomic mass is 9.92. The molecule has 3 heterocycles. The smallest absolute Gasteiger partial charge is 0.164 e. The molecular weight excluding hydrogens is 510 g/mol. The summed E-state index contributed by atoms with van der Waals surface area (Å²) in [6.45, 7) is 0. The number of para-hydroxylation sites is 2. The topological polar surface area (TPSA) is 99.8 Å². The van der Waals surface area contributed by atoms with Gasteiger partial charge < -0.3 is 14.8 Å². The third-order valence-corrected chi connectivity index (χ3v) is 7.29. The van der Waals surface area contributed by atoms with Crippen molar-refractivity contribution in [1.29, 1.82) is 5.26 Å². The van der Waals surface area contributed by atoms with Gasteiger partial charge in [0, 0.05) is 33.8 Å². The van der Waals surface area contributed by atoms with Crippen molar-refractivity contribution in [3.05, 3.63) is 115 Å². The van der Waals surface area contributed by atoms with Crippen LogP contribution in [0, 0.1) is 11.3 Å². The molecule has 0 saturated heterocycles. The predicted octanol–water partition coefficient (Wildman–Crippen LogP) is 7.49. The van der Waals surface area contributed by atoms with Gasteiger partial charge in [0.2, 0.25) is 0 Å². The summed E-state index contributed by atoms with van der Waals surface area (Å²) in [6, 6.07) is 35.1. The van der Waals surface area contributed by atoms with E-state index in [0.29, 0.717) is 44.9 Å². The number of aromatic hydroxyl groups is 1. The average Bonchev–Trinajstić information content (AvgIpc) is 3.62. The number of aromatic nitrogens is 4. The first-order valence-electron chi connectivity index (χ1n) is 13.1. The monoisotopic (exact) mass is 533 g/mol. The van der Waals surface area contributed by atoms with Gasteiger partial charge in [0.25, 0.3) is 0 Å². The minimum absolute atomic E-state index is 0.0239. The number of aromatic amines is 1. The molecule has 3 aromatic heterocycles. The molecule has 0 aliphatic heterocycles. The quantitative estimate of drug-likeness (QED) is 0.239. The van der Waals surface area contributed by atoms with Crippen LogP contribution >= 0.6 is 0 Å². The number of fused-ring (bicyclic) bond motifs is 2. The van der Waals surface area contributed by atoms with Gasteiger partial charge >= 0.3 is 0 Å². The second-order valence-corrected chi connectivity index (χ2v) is 9.62. The zero-order valence-electron chi connectivity index (χ0n) is 22.0. The molecule has 0 unspecified atom stereocenters. The van der Waals surface area contributed by atoms with Crippen LogP contribution < -0.4 is 4.74 Å². The molecule has 196 valence electrons. The summed E-state index contributed by atoms with van der Waals surface area (Å²) in [6.07, 6.45) is 1.94. The number of nitrogens with one attached hydrogen (secondary N) is 1. The molecule has 7 rings (SSSR count). The Morgan fingerprint density at radius 2 is 1.59 bits per heavy atom. The lowest BCUT2D eigenvalue weighted by Gasteiger charge is -2.14. The fourth-order valence-corrected chi connectivity index (χ4v) is 5.40. The largest absolute Gasteiger partial charge is 0.504 e. The Morgan fingerprint density at radius 3 is 2.32 bits per heavy atom. The van der Waals surface area contributed by atoms with E-state index in [1.165, 1.54) is 7.11 Å². The second kappa shape index (κ2) is 9.70. The first kappa shape index (κ1) is 24.2. The van der Waals surface area contributed by atoms with Crippen molar-refractivity contribution in [2.45, 2.75) is 0 Å². The zero-order valence-corrected chi connectivity index (χ0v) is 22.0. The van der Waals surface area contributed by atoms with E-state index >= 15 is 0 Å². The minimum atomic E-state index is -0.0239. The normalized spacial score (nSPS) is 11.1. The molecule has 41 heavy (non-hydrogen) atoms. The highest BCUT2D eigenvalue weighted by Gasteiger charge is 2.27. The summed E-state index contributed by atoms with van der Waals surface area (Å²) in [5.41, 5.74) is 6.99. The van der Waals surface area contributed by atoms with Crippen LogP contribution in [-0.2, 0) is 0 Å². The molecule has 4 aromatic carbocycles. The molecule has 0 amide bonds. The number of methoxy groups -OCH3 is 1. The molecular formula is C34H23N5O2. The van der Waals surface area contributed by atoms with Gasteiger partial charge in [-0.3, -0.25) is 0 Å². The predicted molar refractivity (Wildman–Crippen MR) is 160 cm³/mol. The van der Waals surface area contributed by atoms with Crippen LogP contribution in [0.1, 0.15) is 5.56 Å². The van der Waals surface area contributed by atoms with E-state index < -0.39 is 0 Å². The van der Waals surface area contributed by atoms with Gasteiger partial charge in [0.05, 0.1) is 29.4 Å². The molecule has 7 nitrogen and oxygen atoms in total. The van der Waals surface area contributed by atoms with E-state index in [9.17, 15) is 10.4 Å². The molecule has 0 saturated carbocycles. The van der Waals surface area contributed by atoms with Crippen molar-refractivity contribution < 1.29 is 9.84 Å². The Labute approximate surface area is 235 Å². The Balaban J connectivity index is 1.68. The average molecular weight is 534 g/mol. The lowest BCUT2D eigenvalue weighted by Crippen LogP contribution is -2.01. The van der Waals surface area contributed by atoms with Crippen LogP contribution in [0.4, 0.5) is 0 Å². The van der Waals surface area contributed by atoms with E-state index in [4.69, 9.17) is 14.8 Å². The van der Waals surface area contributed by atoms with Gasteiger partial charge in [-0.15, -0.1) is 0 Å². The zero-order chi connectivity index (χ0) is 27.9. The molecule has 7 heteroatoms. The molecule has 0 atom stereocenters. The number of benzene rings is 4. The maximum absolute atomic E-state index is 10.8. The molecule has 0 aliphatic carbocycles. The number of nitriles is 1. The van der Waals surface area contributed by atoms with E-state index in [2.05, 4.69) is 11.1 Å². The Morgan fingerprint density at radius 1 is 0.854 bits per heavy atom.